The van der Waals surface area contributed by atoms with Crippen molar-refractivity contribution in [2.75, 3.05) is 11.9 Å². The van der Waals surface area contributed by atoms with E-state index in [1.165, 1.54) is 12.4 Å². The van der Waals surface area contributed by atoms with Gasteiger partial charge in [-0.1, -0.05) is 23.7 Å². The molecule has 0 fully saturated rings. The first-order chi connectivity index (χ1) is 9.49. The summed E-state index contributed by atoms with van der Waals surface area (Å²) in [7, 11) is 1.83. The van der Waals surface area contributed by atoms with Crippen LogP contribution < -0.4 is 4.90 Å². The van der Waals surface area contributed by atoms with E-state index in [4.69, 9.17) is 11.6 Å². The molecule has 1 aromatic carbocycles. The minimum Gasteiger partial charge on any atom is -0.337 e. The fourth-order valence-electron chi connectivity index (χ4n) is 1.73. The predicted molar refractivity (Wildman–Crippen MR) is 77.0 cm³/mol. The smallest absolute Gasteiger partial charge is 0.305 e. The van der Waals surface area contributed by atoms with Gasteiger partial charge in [0, 0.05) is 12.1 Å². The third-order valence-electron chi connectivity index (χ3n) is 3.08. The second-order valence-electron chi connectivity index (χ2n) is 4.34. The van der Waals surface area contributed by atoms with Crippen LogP contribution in [0.15, 0.2) is 36.7 Å². The van der Waals surface area contributed by atoms with Crippen molar-refractivity contribution in [2.24, 2.45) is 0 Å². The maximum absolute atomic E-state index is 10.6. The molecule has 0 radical (unpaired) electrons. The van der Waals surface area contributed by atoms with E-state index in [0.29, 0.717) is 11.0 Å². The third-order valence-corrected chi connectivity index (χ3v) is 3.34. The number of hydrogen-bond acceptors (Lipinski definition) is 5. The molecule has 20 heavy (non-hydrogen) atoms. The number of aromatic nitrogens is 2. The second-order valence-corrected chi connectivity index (χ2v) is 4.77. The number of rotatable bonds is 4. The Morgan fingerprint density at radius 2 is 1.80 bits per heavy atom. The lowest BCUT2D eigenvalue weighted by Crippen LogP contribution is -2.23. The first-order valence-electron chi connectivity index (χ1n) is 5.94. The molecule has 0 N–H and O–H groups in total. The monoisotopic (exact) mass is 292 g/mol. The van der Waals surface area contributed by atoms with Crippen molar-refractivity contribution in [1.29, 1.82) is 0 Å². The molecule has 1 aromatic heterocycles. The van der Waals surface area contributed by atoms with Crippen molar-refractivity contribution in [3.05, 3.63) is 57.4 Å². The van der Waals surface area contributed by atoms with E-state index in [2.05, 4.69) is 9.97 Å². The summed E-state index contributed by atoms with van der Waals surface area (Å²) in [5.74, 6) is 0.429. The van der Waals surface area contributed by atoms with E-state index in [1.807, 2.05) is 43.1 Å². The zero-order valence-electron chi connectivity index (χ0n) is 11.0. The molecule has 0 bridgehead atoms. The molecule has 2 rings (SSSR count). The summed E-state index contributed by atoms with van der Waals surface area (Å²) in [4.78, 5) is 19.9. The Bertz CT molecular complexity index is 601. The molecule has 1 atom stereocenters. The predicted octanol–water partition coefficient (Wildman–Crippen LogP) is 3.24. The number of hydrogen-bond donors (Lipinski definition) is 0. The van der Waals surface area contributed by atoms with Crippen molar-refractivity contribution >= 4 is 23.2 Å². The fourth-order valence-corrected chi connectivity index (χ4v) is 1.85. The first kappa shape index (κ1) is 14.2. The van der Waals surface area contributed by atoms with Crippen molar-refractivity contribution in [2.45, 2.75) is 13.0 Å². The van der Waals surface area contributed by atoms with Gasteiger partial charge in [-0.05, 0) is 24.6 Å². The van der Waals surface area contributed by atoms with E-state index in [0.717, 1.165) is 5.56 Å². The largest absolute Gasteiger partial charge is 0.337 e. The maximum Gasteiger partial charge on any atom is 0.305 e. The van der Waals surface area contributed by atoms with Crippen LogP contribution in [0.3, 0.4) is 0 Å². The zero-order valence-corrected chi connectivity index (χ0v) is 11.8. The number of anilines is 1. The number of benzene rings is 1. The van der Waals surface area contributed by atoms with E-state index < -0.39 is 4.92 Å². The summed E-state index contributed by atoms with van der Waals surface area (Å²) in [6, 6.07) is 7.51. The number of nitrogens with zero attached hydrogens (tertiary/aromatic N) is 4. The van der Waals surface area contributed by atoms with Crippen molar-refractivity contribution < 1.29 is 4.92 Å². The van der Waals surface area contributed by atoms with Crippen LogP contribution in [-0.2, 0) is 0 Å². The Balaban J connectivity index is 2.19. The van der Waals surface area contributed by atoms with Gasteiger partial charge in [0.1, 0.15) is 12.4 Å². The lowest BCUT2D eigenvalue weighted by atomic mass is 10.1. The molecule has 104 valence electrons. The van der Waals surface area contributed by atoms with Crippen LogP contribution in [-0.4, -0.2) is 21.9 Å². The molecular formula is C13H13ClN4O2. The van der Waals surface area contributed by atoms with Crippen LogP contribution in [0.1, 0.15) is 18.5 Å². The topological polar surface area (TPSA) is 72.2 Å². The SMILES string of the molecule is CC(c1ccc(Cl)cc1)N(C)c1ncc([N+](=O)[O-])cn1. The van der Waals surface area contributed by atoms with Gasteiger partial charge in [0.25, 0.3) is 0 Å². The zero-order chi connectivity index (χ0) is 14.7. The number of nitro groups is 1. The second kappa shape index (κ2) is 5.83. The quantitative estimate of drug-likeness (QED) is 0.639. The average molecular weight is 293 g/mol. The number of halogens is 1. The highest BCUT2D eigenvalue weighted by atomic mass is 35.5. The van der Waals surface area contributed by atoms with E-state index in [9.17, 15) is 10.1 Å². The minimum atomic E-state index is -0.521. The Hall–Kier alpha value is -2.21. The molecule has 0 spiro atoms. The van der Waals surface area contributed by atoms with Gasteiger partial charge < -0.3 is 4.90 Å². The van der Waals surface area contributed by atoms with Gasteiger partial charge in [0.2, 0.25) is 5.95 Å². The van der Waals surface area contributed by atoms with Gasteiger partial charge in [-0.2, -0.15) is 0 Å². The molecular weight excluding hydrogens is 280 g/mol. The molecule has 2 aromatic rings. The summed E-state index contributed by atoms with van der Waals surface area (Å²) in [6.45, 7) is 1.99. The molecule has 1 heterocycles. The van der Waals surface area contributed by atoms with E-state index in [1.54, 1.807) is 0 Å². The summed E-state index contributed by atoms with van der Waals surface area (Å²) in [6.07, 6.45) is 2.40. The van der Waals surface area contributed by atoms with Gasteiger partial charge >= 0.3 is 5.69 Å². The molecule has 7 heteroatoms. The highest BCUT2D eigenvalue weighted by Gasteiger charge is 2.16. The van der Waals surface area contributed by atoms with Gasteiger partial charge in [0.05, 0.1) is 11.0 Å². The van der Waals surface area contributed by atoms with Crippen LogP contribution in [0.2, 0.25) is 5.02 Å². The van der Waals surface area contributed by atoms with Crippen molar-refractivity contribution in [3.63, 3.8) is 0 Å². The Morgan fingerprint density at radius 3 is 2.30 bits per heavy atom. The minimum absolute atomic E-state index is 0.0220. The van der Waals surface area contributed by atoms with Gasteiger partial charge in [-0.25, -0.2) is 9.97 Å². The molecule has 0 aliphatic carbocycles. The van der Waals surface area contributed by atoms with Crippen LogP contribution in [0, 0.1) is 10.1 Å². The van der Waals surface area contributed by atoms with Gasteiger partial charge in [-0.15, -0.1) is 0 Å². The molecule has 0 aliphatic rings. The average Bonchev–Trinajstić information content (AvgIpc) is 2.46. The summed E-state index contributed by atoms with van der Waals surface area (Å²) in [5.41, 5.74) is 0.931. The van der Waals surface area contributed by atoms with Crippen LogP contribution in [0.25, 0.3) is 0 Å². The van der Waals surface area contributed by atoms with Crippen LogP contribution >= 0.6 is 11.6 Å². The lowest BCUT2D eigenvalue weighted by molar-refractivity contribution is -0.385. The fraction of sp³-hybridized carbons (Fsp3) is 0.231. The van der Waals surface area contributed by atoms with Crippen LogP contribution in [0.5, 0.6) is 0 Å². The molecule has 0 aliphatic heterocycles. The highest BCUT2D eigenvalue weighted by molar-refractivity contribution is 6.30. The Labute approximate surface area is 121 Å². The normalized spacial score (nSPS) is 11.9. The Morgan fingerprint density at radius 1 is 1.25 bits per heavy atom. The third kappa shape index (κ3) is 3.03. The Kier molecular flexibility index (Phi) is 4.14. The van der Waals surface area contributed by atoms with Crippen molar-refractivity contribution in [1.82, 2.24) is 9.97 Å². The lowest BCUT2D eigenvalue weighted by Gasteiger charge is -2.25. The van der Waals surface area contributed by atoms with Crippen LogP contribution in [0.4, 0.5) is 11.6 Å². The standard InChI is InChI=1S/C13H13ClN4O2/c1-9(10-3-5-11(14)6-4-10)17(2)13-15-7-12(8-16-13)18(19)20/h3-9H,1-2H3. The molecule has 6 nitrogen and oxygen atoms in total. The molecule has 1 unspecified atom stereocenters. The summed E-state index contributed by atoms with van der Waals surface area (Å²) >= 11 is 5.86. The molecule has 0 saturated heterocycles. The highest BCUT2D eigenvalue weighted by Crippen LogP contribution is 2.24. The van der Waals surface area contributed by atoms with Crippen molar-refractivity contribution in [3.8, 4) is 0 Å². The van der Waals surface area contributed by atoms with Gasteiger partial charge in [0.15, 0.2) is 0 Å². The van der Waals surface area contributed by atoms with E-state index >= 15 is 0 Å². The first-order valence-corrected chi connectivity index (χ1v) is 6.31. The summed E-state index contributed by atoms with van der Waals surface area (Å²) < 4.78 is 0. The molecule has 0 amide bonds. The maximum atomic E-state index is 10.6. The summed E-state index contributed by atoms with van der Waals surface area (Å²) in [5, 5.41) is 11.2. The molecule has 0 saturated carbocycles. The van der Waals surface area contributed by atoms with Gasteiger partial charge in [-0.3, -0.25) is 10.1 Å². The van der Waals surface area contributed by atoms with E-state index in [-0.39, 0.29) is 11.7 Å².